The summed E-state index contributed by atoms with van der Waals surface area (Å²) in [5.74, 6) is 1.30. The molecule has 1 unspecified atom stereocenters. The molecule has 0 aliphatic carbocycles. The third kappa shape index (κ3) is 3.41. The summed E-state index contributed by atoms with van der Waals surface area (Å²) in [7, 11) is 0. The van der Waals surface area contributed by atoms with Crippen molar-refractivity contribution in [2.75, 3.05) is 13.1 Å². The van der Waals surface area contributed by atoms with Crippen molar-refractivity contribution in [3.05, 3.63) is 52.8 Å². The van der Waals surface area contributed by atoms with E-state index in [0.29, 0.717) is 12.2 Å². The average molecular weight is 370 g/mol. The van der Waals surface area contributed by atoms with Gasteiger partial charge in [-0.15, -0.1) is 11.3 Å². The molecule has 1 atom stereocenters. The van der Waals surface area contributed by atoms with E-state index in [9.17, 15) is 4.79 Å². The zero-order chi connectivity index (χ0) is 17.9. The molecule has 0 radical (unpaired) electrons. The SMILES string of the molecule is CCn1ccc(C(=O)N2CCCC(c3nccn3Cc3cscn3)C2)n1. The molecule has 0 N–H and O–H groups in total. The first kappa shape index (κ1) is 17.0. The van der Waals surface area contributed by atoms with Crippen molar-refractivity contribution in [1.29, 1.82) is 0 Å². The van der Waals surface area contributed by atoms with E-state index < -0.39 is 0 Å². The Hall–Kier alpha value is -2.48. The fraction of sp³-hybridized carbons (Fsp3) is 0.444. The van der Waals surface area contributed by atoms with Crippen LogP contribution in [-0.4, -0.2) is 48.2 Å². The summed E-state index contributed by atoms with van der Waals surface area (Å²) in [6.07, 6.45) is 7.72. The molecule has 136 valence electrons. The van der Waals surface area contributed by atoms with Crippen LogP contribution in [-0.2, 0) is 13.1 Å². The van der Waals surface area contributed by atoms with Gasteiger partial charge in [0.2, 0.25) is 0 Å². The average Bonchev–Trinajstić information content (AvgIpc) is 3.43. The topological polar surface area (TPSA) is 68.8 Å². The second kappa shape index (κ2) is 7.41. The highest BCUT2D eigenvalue weighted by Gasteiger charge is 2.29. The summed E-state index contributed by atoms with van der Waals surface area (Å²) in [5.41, 5.74) is 3.42. The quantitative estimate of drug-likeness (QED) is 0.692. The van der Waals surface area contributed by atoms with E-state index in [0.717, 1.165) is 44.0 Å². The van der Waals surface area contributed by atoms with Gasteiger partial charge in [0.1, 0.15) is 11.5 Å². The van der Waals surface area contributed by atoms with Crippen LogP contribution < -0.4 is 0 Å². The van der Waals surface area contributed by atoms with Gasteiger partial charge in [-0.2, -0.15) is 5.10 Å². The molecule has 4 heterocycles. The number of aryl methyl sites for hydroxylation is 1. The third-order valence-corrected chi connectivity index (χ3v) is 5.46. The maximum Gasteiger partial charge on any atom is 0.274 e. The number of hydrogen-bond donors (Lipinski definition) is 0. The molecule has 3 aromatic heterocycles. The van der Waals surface area contributed by atoms with E-state index in [2.05, 4.69) is 25.0 Å². The molecule has 0 spiro atoms. The van der Waals surface area contributed by atoms with Gasteiger partial charge in [-0.1, -0.05) is 0 Å². The lowest BCUT2D eigenvalue weighted by Crippen LogP contribution is -2.40. The van der Waals surface area contributed by atoms with Gasteiger partial charge in [0, 0.05) is 49.5 Å². The van der Waals surface area contributed by atoms with Gasteiger partial charge in [0.25, 0.3) is 5.91 Å². The Kier molecular flexibility index (Phi) is 4.83. The van der Waals surface area contributed by atoms with Crippen molar-refractivity contribution in [2.24, 2.45) is 0 Å². The predicted molar refractivity (Wildman–Crippen MR) is 99.2 cm³/mol. The molecular weight excluding hydrogens is 348 g/mol. The van der Waals surface area contributed by atoms with Crippen LogP contribution in [0.1, 0.15) is 47.7 Å². The Balaban J connectivity index is 1.49. The van der Waals surface area contributed by atoms with Crippen LogP contribution in [0.25, 0.3) is 0 Å². The molecule has 1 amide bonds. The van der Waals surface area contributed by atoms with Crippen LogP contribution in [0.5, 0.6) is 0 Å². The van der Waals surface area contributed by atoms with Crippen LogP contribution in [0.4, 0.5) is 0 Å². The van der Waals surface area contributed by atoms with Gasteiger partial charge in [0.05, 0.1) is 17.7 Å². The Morgan fingerprint density at radius 3 is 3.04 bits per heavy atom. The smallest absolute Gasteiger partial charge is 0.274 e. The predicted octanol–water partition coefficient (Wildman–Crippen LogP) is 2.62. The summed E-state index contributed by atoms with van der Waals surface area (Å²) in [5, 5.41) is 6.42. The fourth-order valence-corrected chi connectivity index (χ4v) is 4.04. The number of imidazole rings is 1. The third-order valence-electron chi connectivity index (χ3n) is 4.82. The van der Waals surface area contributed by atoms with Crippen molar-refractivity contribution < 1.29 is 4.79 Å². The van der Waals surface area contributed by atoms with Gasteiger partial charge in [-0.3, -0.25) is 9.48 Å². The van der Waals surface area contributed by atoms with Crippen molar-refractivity contribution >= 4 is 17.2 Å². The molecule has 3 aromatic rings. The highest BCUT2D eigenvalue weighted by atomic mass is 32.1. The highest BCUT2D eigenvalue weighted by Crippen LogP contribution is 2.27. The number of likely N-dealkylation sites (tertiary alicyclic amines) is 1. The van der Waals surface area contributed by atoms with Crippen LogP contribution in [0.3, 0.4) is 0 Å². The van der Waals surface area contributed by atoms with E-state index >= 15 is 0 Å². The van der Waals surface area contributed by atoms with Crippen molar-refractivity contribution in [3.8, 4) is 0 Å². The largest absolute Gasteiger partial charge is 0.337 e. The first-order valence-electron chi connectivity index (χ1n) is 8.95. The van der Waals surface area contributed by atoms with Gasteiger partial charge in [0.15, 0.2) is 0 Å². The van der Waals surface area contributed by atoms with E-state index in [1.807, 2.05) is 35.9 Å². The Labute approximate surface area is 156 Å². The second-order valence-electron chi connectivity index (χ2n) is 6.54. The number of carbonyl (C=O) groups is 1. The number of piperidine rings is 1. The van der Waals surface area contributed by atoms with Crippen LogP contribution in [0.15, 0.2) is 35.5 Å². The first-order valence-corrected chi connectivity index (χ1v) is 9.89. The molecule has 0 saturated carbocycles. The van der Waals surface area contributed by atoms with Gasteiger partial charge >= 0.3 is 0 Å². The lowest BCUT2D eigenvalue weighted by atomic mass is 9.96. The van der Waals surface area contributed by atoms with Crippen molar-refractivity contribution in [2.45, 2.75) is 38.8 Å². The standard InChI is InChI=1S/C18H22N6OS/c1-2-24-8-5-16(21-24)18(25)23-7-3-4-14(10-23)17-19-6-9-22(17)11-15-12-26-13-20-15/h5-6,8-9,12-14H,2-4,7,10-11H2,1H3. The molecule has 26 heavy (non-hydrogen) atoms. The number of carbonyl (C=O) groups excluding carboxylic acids is 1. The van der Waals surface area contributed by atoms with Gasteiger partial charge < -0.3 is 9.47 Å². The van der Waals surface area contributed by atoms with E-state index in [-0.39, 0.29) is 11.8 Å². The number of rotatable bonds is 5. The van der Waals surface area contributed by atoms with E-state index in [1.165, 1.54) is 0 Å². The summed E-state index contributed by atoms with van der Waals surface area (Å²) in [4.78, 5) is 23.7. The number of nitrogens with zero attached hydrogens (tertiary/aromatic N) is 6. The molecule has 7 nitrogen and oxygen atoms in total. The first-order chi connectivity index (χ1) is 12.7. The summed E-state index contributed by atoms with van der Waals surface area (Å²) < 4.78 is 3.94. The van der Waals surface area contributed by atoms with Crippen LogP contribution in [0.2, 0.25) is 0 Å². The lowest BCUT2D eigenvalue weighted by molar-refractivity contribution is 0.0696. The zero-order valence-electron chi connectivity index (χ0n) is 14.8. The number of amides is 1. The number of aromatic nitrogens is 5. The minimum absolute atomic E-state index is 0.0134. The monoisotopic (exact) mass is 370 g/mol. The lowest BCUT2D eigenvalue weighted by Gasteiger charge is -2.32. The summed E-state index contributed by atoms with van der Waals surface area (Å²) in [6, 6.07) is 1.80. The molecule has 0 aromatic carbocycles. The second-order valence-corrected chi connectivity index (χ2v) is 7.26. The fourth-order valence-electron chi connectivity index (χ4n) is 3.49. The highest BCUT2D eigenvalue weighted by molar-refractivity contribution is 7.07. The van der Waals surface area contributed by atoms with Gasteiger partial charge in [-0.05, 0) is 25.8 Å². The molecule has 1 saturated heterocycles. The summed E-state index contributed by atoms with van der Waals surface area (Å²) in [6.45, 7) is 4.97. The van der Waals surface area contributed by atoms with Crippen LogP contribution in [0, 0.1) is 0 Å². The minimum Gasteiger partial charge on any atom is -0.337 e. The molecule has 0 bridgehead atoms. The van der Waals surface area contributed by atoms with Crippen LogP contribution >= 0.6 is 11.3 Å². The number of thiazole rings is 1. The maximum absolute atomic E-state index is 12.8. The minimum atomic E-state index is 0.0134. The van der Waals surface area contributed by atoms with Gasteiger partial charge in [-0.25, -0.2) is 9.97 Å². The molecule has 8 heteroatoms. The number of hydrogen-bond acceptors (Lipinski definition) is 5. The Bertz CT molecular complexity index is 868. The molecular formula is C18H22N6OS. The zero-order valence-corrected chi connectivity index (χ0v) is 15.6. The van der Waals surface area contributed by atoms with E-state index in [1.54, 1.807) is 22.1 Å². The molecule has 1 aliphatic rings. The Morgan fingerprint density at radius 1 is 1.35 bits per heavy atom. The van der Waals surface area contributed by atoms with Crippen molar-refractivity contribution in [1.82, 2.24) is 29.2 Å². The van der Waals surface area contributed by atoms with Crippen molar-refractivity contribution in [3.63, 3.8) is 0 Å². The Morgan fingerprint density at radius 2 is 2.27 bits per heavy atom. The van der Waals surface area contributed by atoms with E-state index in [4.69, 9.17) is 0 Å². The maximum atomic E-state index is 12.8. The summed E-state index contributed by atoms with van der Waals surface area (Å²) >= 11 is 1.60. The molecule has 1 fully saturated rings. The molecule has 4 rings (SSSR count). The normalized spacial score (nSPS) is 17.6. The molecule has 1 aliphatic heterocycles.